The fourth-order valence-corrected chi connectivity index (χ4v) is 2.89. The number of hydrogen-bond acceptors (Lipinski definition) is 3. The van der Waals surface area contributed by atoms with E-state index < -0.39 is 0 Å². The molecular formula is C19H19Cl2NO3. The monoisotopic (exact) mass is 379 g/mol. The van der Waals surface area contributed by atoms with Crippen LogP contribution in [0.1, 0.15) is 24.1 Å². The van der Waals surface area contributed by atoms with Gasteiger partial charge in [0, 0.05) is 16.1 Å². The van der Waals surface area contributed by atoms with Gasteiger partial charge < -0.3 is 14.8 Å². The van der Waals surface area contributed by atoms with E-state index in [1.807, 2.05) is 13.0 Å². The summed E-state index contributed by atoms with van der Waals surface area (Å²) < 4.78 is 10.4. The Morgan fingerprint density at radius 3 is 2.44 bits per heavy atom. The van der Waals surface area contributed by atoms with Crippen molar-refractivity contribution in [2.45, 2.75) is 13.0 Å². The zero-order chi connectivity index (χ0) is 18.4. The summed E-state index contributed by atoms with van der Waals surface area (Å²) in [6.45, 7) is 1.86. The van der Waals surface area contributed by atoms with Crippen LogP contribution in [0.4, 0.5) is 0 Å². The summed E-state index contributed by atoms with van der Waals surface area (Å²) in [7, 11) is 3.14. The second-order valence-corrected chi connectivity index (χ2v) is 6.19. The summed E-state index contributed by atoms with van der Waals surface area (Å²) >= 11 is 12.1. The number of carbonyl (C=O) groups is 1. The topological polar surface area (TPSA) is 47.6 Å². The molecule has 6 heteroatoms. The van der Waals surface area contributed by atoms with Crippen molar-refractivity contribution >= 4 is 35.2 Å². The molecule has 0 heterocycles. The van der Waals surface area contributed by atoms with Gasteiger partial charge in [0.1, 0.15) is 0 Å². The van der Waals surface area contributed by atoms with E-state index in [1.54, 1.807) is 50.6 Å². The smallest absolute Gasteiger partial charge is 0.244 e. The number of hydrogen-bond donors (Lipinski definition) is 1. The van der Waals surface area contributed by atoms with Gasteiger partial charge in [-0.15, -0.1) is 0 Å². The molecule has 4 nitrogen and oxygen atoms in total. The molecule has 0 aliphatic rings. The number of rotatable bonds is 6. The molecule has 2 aromatic rings. The Hall–Kier alpha value is -2.17. The lowest BCUT2D eigenvalue weighted by Gasteiger charge is -2.14. The van der Waals surface area contributed by atoms with Crippen molar-refractivity contribution in [1.29, 1.82) is 0 Å². The Bertz CT molecular complexity index is 790. The second kappa shape index (κ2) is 8.79. The number of carbonyl (C=O) groups excluding carboxylic acids is 1. The fraction of sp³-hybridized carbons (Fsp3) is 0.211. The highest BCUT2D eigenvalue weighted by Crippen LogP contribution is 2.28. The number of ether oxygens (including phenoxy) is 2. The minimum atomic E-state index is -0.243. The Morgan fingerprint density at radius 2 is 1.80 bits per heavy atom. The fourth-order valence-electron chi connectivity index (χ4n) is 2.32. The number of halogens is 2. The molecule has 2 rings (SSSR count). The Balaban J connectivity index is 2.05. The van der Waals surface area contributed by atoms with Gasteiger partial charge in [0.15, 0.2) is 11.5 Å². The Kier molecular flexibility index (Phi) is 6.73. The van der Waals surface area contributed by atoms with Crippen LogP contribution in [0.3, 0.4) is 0 Å². The van der Waals surface area contributed by atoms with E-state index >= 15 is 0 Å². The van der Waals surface area contributed by atoms with E-state index in [-0.39, 0.29) is 11.9 Å². The molecule has 1 unspecified atom stereocenters. The highest BCUT2D eigenvalue weighted by atomic mass is 35.5. The van der Waals surface area contributed by atoms with Crippen LogP contribution >= 0.6 is 23.2 Å². The minimum Gasteiger partial charge on any atom is -0.493 e. The second-order valence-electron chi connectivity index (χ2n) is 5.34. The minimum absolute atomic E-state index is 0.228. The molecule has 0 spiro atoms. The lowest BCUT2D eigenvalue weighted by atomic mass is 10.1. The molecule has 0 bridgehead atoms. The summed E-state index contributed by atoms with van der Waals surface area (Å²) in [6.07, 6.45) is 3.16. The van der Waals surface area contributed by atoms with Crippen molar-refractivity contribution in [3.63, 3.8) is 0 Å². The van der Waals surface area contributed by atoms with Gasteiger partial charge in [-0.05, 0) is 48.4 Å². The molecule has 0 saturated heterocycles. The molecule has 0 aromatic heterocycles. The van der Waals surface area contributed by atoms with E-state index in [0.717, 1.165) is 11.1 Å². The normalized spacial score (nSPS) is 12.0. The lowest BCUT2D eigenvalue weighted by Crippen LogP contribution is -2.24. The molecule has 0 saturated carbocycles. The number of amides is 1. The first kappa shape index (κ1) is 19.2. The summed E-state index contributed by atoms with van der Waals surface area (Å²) in [6, 6.07) is 10.4. The van der Waals surface area contributed by atoms with Crippen LogP contribution in [0.2, 0.25) is 10.0 Å². The van der Waals surface area contributed by atoms with Crippen molar-refractivity contribution in [3.8, 4) is 11.5 Å². The van der Waals surface area contributed by atoms with Gasteiger partial charge in [-0.25, -0.2) is 0 Å². The van der Waals surface area contributed by atoms with Crippen molar-refractivity contribution in [2.24, 2.45) is 0 Å². The van der Waals surface area contributed by atoms with Gasteiger partial charge in [-0.2, -0.15) is 0 Å². The molecule has 0 radical (unpaired) electrons. The first-order chi connectivity index (χ1) is 11.9. The zero-order valence-electron chi connectivity index (χ0n) is 14.2. The summed E-state index contributed by atoms with van der Waals surface area (Å²) in [5, 5.41) is 3.94. The molecule has 2 aromatic carbocycles. The van der Waals surface area contributed by atoms with Crippen molar-refractivity contribution in [1.82, 2.24) is 5.32 Å². The number of nitrogens with one attached hydrogen (secondary N) is 1. The SMILES string of the molecule is COc1ccc(/C=C/C(=O)NC(C)c2ccc(Cl)cc2Cl)cc1OC. The van der Waals surface area contributed by atoms with Gasteiger partial charge in [0.2, 0.25) is 5.91 Å². The van der Waals surface area contributed by atoms with Gasteiger partial charge in [-0.1, -0.05) is 35.3 Å². The Morgan fingerprint density at radius 1 is 1.08 bits per heavy atom. The number of methoxy groups -OCH3 is 2. The van der Waals surface area contributed by atoms with Gasteiger partial charge in [-0.3, -0.25) is 4.79 Å². The maximum Gasteiger partial charge on any atom is 0.244 e. The van der Waals surface area contributed by atoms with Crippen LogP contribution in [0.15, 0.2) is 42.5 Å². The molecule has 1 N–H and O–H groups in total. The summed E-state index contributed by atoms with van der Waals surface area (Å²) in [4.78, 5) is 12.1. The van der Waals surface area contributed by atoms with Gasteiger partial charge in [0.05, 0.1) is 20.3 Å². The highest BCUT2D eigenvalue weighted by Gasteiger charge is 2.11. The molecule has 0 aliphatic heterocycles. The van der Waals surface area contributed by atoms with Crippen molar-refractivity contribution in [2.75, 3.05) is 14.2 Å². The van der Waals surface area contributed by atoms with Crippen LogP contribution < -0.4 is 14.8 Å². The quantitative estimate of drug-likeness (QED) is 0.725. The van der Waals surface area contributed by atoms with Crippen LogP contribution in [0, 0.1) is 0 Å². The van der Waals surface area contributed by atoms with Gasteiger partial charge >= 0.3 is 0 Å². The molecule has 0 fully saturated rings. The van der Waals surface area contributed by atoms with Crippen LogP contribution in [0.5, 0.6) is 11.5 Å². The largest absolute Gasteiger partial charge is 0.493 e. The first-order valence-electron chi connectivity index (χ1n) is 7.60. The molecular weight excluding hydrogens is 361 g/mol. The van der Waals surface area contributed by atoms with Crippen LogP contribution in [0.25, 0.3) is 6.08 Å². The van der Waals surface area contributed by atoms with E-state index in [2.05, 4.69) is 5.32 Å². The predicted octanol–water partition coefficient (Wildman–Crippen LogP) is 4.90. The molecule has 1 atom stereocenters. The van der Waals surface area contributed by atoms with Crippen LogP contribution in [-0.4, -0.2) is 20.1 Å². The zero-order valence-corrected chi connectivity index (χ0v) is 15.7. The maximum absolute atomic E-state index is 12.1. The van der Waals surface area contributed by atoms with Gasteiger partial charge in [0.25, 0.3) is 0 Å². The summed E-state index contributed by atoms with van der Waals surface area (Å²) in [5.74, 6) is 1.01. The molecule has 25 heavy (non-hydrogen) atoms. The third-order valence-corrected chi connectivity index (χ3v) is 4.18. The highest BCUT2D eigenvalue weighted by molar-refractivity contribution is 6.35. The Labute approximate surface area is 157 Å². The van der Waals surface area contributed by atoms with E-state index in [1.165, 1.54) is 6.08 Å². The van der Waals surface area contributed by atoms with E-state index in [9.17, 15) is 4.79 Å². The standard InChI is InChI=1S/C19H19Cl2NO3/c1-12(15-7-6-14(20)11-16(15)21)22-19(23)9-5-13-4-8-17(24-2)18(10-13)25-3/h4-12H,1-3H3,(H,22,23)/b9-5+. The third kappa shape index (κ3) is 5.15. The lowest BCUT2D eigenvalue weighted by molar-refractivity contribution is -0.117. The molecule has 0 aliphatic carbocycles. The van der Waals surface area contributed by atoms with E-state index in [0.29, 0.717) is 21.5 Å². The van der Waals surface area contributed by atoms with Crippen molar-refractivity contribution < 1.29 is 14.3 Å². The molecule has 1 amide bonds. The first-order valence-corrected chi connectivity index (χ1v) is 8.35. The molecule has 132 valence electrons. The third-order valence-electron chi connectivity index (χ3n) is 3.62. The predicted molar refractivity (Wildman–Crippen MR) is 102 cm³/mol. The summed E-state index contributed by atoms with van der Waals surface area (Å²) in [5.41, 5.74) is 1.63. The van der Waals surface area contributed by atoms with E-state index in [4.69, 9.17) is 32.7 Å². The van der Waals surface area contributed by atoms with Crippen LogP contribution in [-0.2, 0) is 4.79 Å². The average molecular weight is 380 g/mol. The van der Waals surface area contributed by atoms with Crippen molar-refractivity contribution in [3.05, 3.63) is 63.6 Å². The average Bonchev–Trinajstić information content (AvgIpc) is 2.59. The number of benzene rings is 2. The maximum atomic E-state index is 12.1.